The van der Waals surface area contributed by atoms with Crippen LogP contribution in [0.1, 0.15) is 39.5 Å². The van der Waals surface area contributed by atoms with Gasteiger partial charge in [-0.3, -0.25) is 0 Å². The summed E-state index contributed by atoms with van der Waals surface area (Å²) in [6, 6.07) is 7.69. The van der Waals surface area contributed by atoms with Gasteiger partial charge in [-0.15, -0.1) is 0 Å². The van der Waals surface area contributed by atoms with Crippen LogP contribution >= 0.6 is 11.6 Å². The lowest BCUT2D eigenvalue weighted by atomic mass is 9.96. The first-order valence-corrected chi connectivity index (χ1v) is 7.42. The molecule has 2 aromatic rings. The molecule has 1 aromatic carbocycles. The summed E-state index contributed by atoms with van der Waals surface area (Å²) < 4.78 is 11.8. The zero-order chi connectivity index (χ0) is 14.8. The van der Waals surface area contributed by atoms with E-state index in [2.05, 4.69) is 26.1 Å². The molecule has 0 aliphatic heterocycles. The molecule has 0 aliphatic carbocycles. The van der Waals surface area contributed by atoms with E-state index in [4.69, 9.17) is 20.8 Å². The van der Waals surface area contributed by atoms with Crippen molar-refractivity contribution in [2.24, 2.45) is 0 Å². The molecule has 1 aromatic heterocycles. The highest BCUT2D eigenvalue weighted by atomic mass is 35.5. The summed E-state index contributed by atoms with van der Waals surface area (Å²) in [4.78, 5) is 0. The Morgan fingerprint density at radius 3 is 2.70 bits per heavy atom. The summed E-state index contributed by atoms with van der Waals surface area (Å²) in [6.45, 7) is 9.74. The van der Waals surface area contributed by atoms with E-state index >= 15 is 0 Å². The maximum absolute atomic E-state index is 6.03. The van der Waals surface area contributed by atoms with Gasteiger partial charge in [-0.2, -0.15) is 0 Å². The molecule has 0 saturated carbocycles. The molecule has 110 valence electrons. The van der Waals surface area contributed by atoms with Crippen molar-refractivity contribution in [1.82, 2.24) is 5.32 Å². The smallest absolute Gasteiger partial charge is 0.134 e. The van der Waals surface area contributed by atoms with Crippen LogP contribution in [0.2, 0.25) is 5.02 Å². The van der Waals surface area contributed by atoms with Crippen molar-refractivity contribution < 1.29 is 9.15 Å². The van der Waals surface area contributed by atoms with Crippen LogP contribution in [0, 0.1) is 0 Å². The normalized spacial score (nSPS) is 13.8. The van der Waals surface area contributed by atoms with E-state index in [0.717, 1.165) is 23.3 Å². The number of hydrogen-bond donors (Lipinski definition) is 1. The van der Waals surface area contributed by atoms with Gasteiger partial charge in [-0.05, 0) is 51.6 Å². The summed E-state index contributed by atoms with van der Waals surface area (Å²) in [6.07, 6.45) is 0. The minimum Gasteiger partial charge on any atom is -0.459 e. The summed E-state index contributed by atoms with van der Waals surface area (Å²) in [7, 11) is 0. The molecule has 0 amide bonds. The van der Waals surface area contributed by atoms with E-state index in [9.17, 15) is 0 Å². The molecule has 0 aliphatic rings. The van der Waals surface area contributed by atoms with E-state index < -0.39 is 0 Å². The van der Waals surface area contributed by atoms with Gasteiger partial charge >= 0.3 is 0 Å². The summed E-state index contributed by atoms with van der Waals surface area (Å²) in [5.74, 6) is 0.877. The predicted octanol–water partition coefficient (Wildman–Crippen LogP) is 4.55. The van der Waals surface area contributed by atoms with Crippen LogP contribution < -0.4 is 5.32 Å². The largest absolute Gasteiger partial charge is 0.459 e. The third kappa shape index (κ3) is 3.17. The van der Waals surface area contributed by atoms with Crippen LogP contribution in [-0.4, -0.2) is 18.8 Å². The van der Waals surface area contributed by atoms with E-state index in [-0.39, 0.29) is 11.6 Å². The molecule has 0 fully saturated rings. The Morgan fingerprint density at radius 1 is 1.30 bits per heavy atom. The second-order valence-corrected chi connectivity index (χ2v) is 5.79. The number of benzene rings is 1. The molecule has 0 bridgehead atoms. The van der Waals surface area contributed by atoms with Crippen molar-refractivity contribution in [3.8, 4) is 0 Å². The highest BCUT2D eigenvalue weighted by Gasteiger charge is 2.33. The Labute approximate surface area is 125 Å². The van der Waals surface area contributed by atoms with Crippen molar-refractivity contribution >= 4 is 22.6 Å². The van der Waals surface area contributed by atoms with Gasteiger partial charge in [0.2, 0.25) is 0 Å². The highest BCUT2D eigenvalue weighted by Crippen LogP contribution is 2.33. The van der Waals surface area contributed by atoms with Gasteiger partial charge in [0, 0.05) is 17.0 Å². The maximum atomic E-state index is 6.03. The summed E-state index contributed by atoms with van der Waals surface area (Å²) >= 11 is 6.03. The van der Waals surface area contributed by atoms with Gasteiger partial charge in [0.1, 0.15) is 11.3 Å². The lowest BCUT2D eigenvalue weighted by Crippen LogP contribution is -2.41. The molecule has 0 saturated heterocycles. The molecule has 1 atom stereocenters. The standard InChI is InChI=1S/C16H22ClNO2/c1-5-18-15(16(3,4)19-6-2)14-10-11-9-12(17)7-8-13(11)20-14/h7-10,15,18H,5-6H2,1-4H3. The van der Waals surface area contributed by atoms with Gasteiger partial charge < -0.3 is 14.5 Å². The number of halogens is 1. The molecule has 1 heterocycles. The number of ether oxygens (including phenoxy) is 1. The molecule has 1 unspecified atom stereocenters. The topological polar surface area (TPSA) is 34.4 Å². The number of hydrogen-bond acceptors (Lipinski definition) is 3. The predicted molar refractivity (Wildman–Crippen MR) is 83.3 cm³/mol. The van der Waals surface area contributed by atoms with Crippen molar-refractivity contribution in [1.29, 1.82) is 0 Å². The number of likely N-dealkylation sites (N-methyl/N-ethyl adjacent to an activating group) is 1. The Balaban J connectivity index is 2.40. The van der Waals surface area contributed by atoms with Gasteiger partial charge in [0.15, 0.2) is 0 Å². The Hall–Kier alpha value is -1.03. The van der Waals surface area contributed by atoms with Crippen molar-refractivity contribution in [3.63, 3.8) is 0 Å². The second kappa shape index (κ2) is 6.17. The molecule has 2 rings (SSSR count). The van der Waals surface area contributed by atoms with Gasteiger partial charge in [0.25, 0.3) is 0 Å². The van der Waals surface area contributed by atoms with E-state index in [1.807, 2.05) is 31.2 Å². The van der Waals surface area contributed by atoms with Crippen LogP contribution in [0.5, 0.6) is 0 Å². The van der Waals surface area contributed by atoms with Crippen molar-refractivity contribution in [3.05, 3.63) is 35.0 Å². The minimum absolute atomic E-state index is 0.00127. The monoisotopic (exact) mass is 295 g/mol. The molecule has 0 spiro atoms. The molecular formula is C16H22ClNO2. The summed E-state index contributed by atoms with van der Waals surface area (Å²) in [5.41, 5.74) is 0.502. The fourth-order valence-electron chi connectivity index (χ4n) is 2.53. The minimum atomic E-state index is -0.345. The quantitative estimate of drug-likeness (QED) is 0.849. The van der Waals surface area contributed by atoms with E-state index in [1.54, 1.807) is 0 Å². The number of furan rings is 1. The van der Waals surface area contributed by atoms with Crippen LogP contribution in [0.3, 0.4) is 0 Å². The lowest BCUT2D eigenvalue weighted by Gasteiger charge is -2.33. The Morgan fingerprint density at radius 2 is 2.05 bits per heavy atom. The van der Waals surface area contributed by atoms with E-state index in [0.29, 0.717) is 11.6 Å². The van der Waals surface area contributed by atoms with Crippen molar-refractivity contribution in [2.45, 2.75) is 39.3 Å². The zero-order valence-electron chi connectivity index (χ0n) is 12.5. The van der Waals surface area contributed by atoms with Crippen molar-refractivity contribution in [2.75, 3.05) is 13.2 Å². The Kier molecular flexibility index (Phi) is 4.74. The SMILES string of the molecule is CCNC(c1cc2cc(Cl)ccc2o1)C(C)(C)OCC. The van der Waals surface area contributed by atoms with E-state index in [1.165, 1.54) is 0 Å². The number of nitrogens with one attached hydrogen (secondary N) is 1. The van der Waals surface area contributed by atoms with Gasteiger partial charge in [-0.1, -0.05) is 18.5 Å². The fourth-order valence-corrected chi connectivity index (χ4v) is 2.71. The maximum Gasteiger partial charge on any atom is 0.134 e. The fraction of sp³-hybridized carbons (Fsp3) is 0.500. The zero-order valence-corrected chi connectivity index (χ0v) is 13.3. The van der Waals surface area contributed by atoms with Crippen LogP contribution in [0.15, 0.2) is 28.7 Å². The highest BCUT2D eigenvalue weighted by molar-refractivity contribution is 6.31. The number of fused-ring (bicyclic) bond motifs is 1. The average Bonchev–Trinajstić information content (AvgIpc) is 2.77. The molecular weight excluding hydrogens is 274 g/mol. The third-order valence-electron chi connectivity index (χ3n) is 3.40. The van der Waals surface area contributed by atoms with Gasteiger partial charge in [-0.25, -0.2) is 0 Å². The average molecular weight is 296 g/mol. The molecule has 0 radical (unpaired) electrons. The Bertz CT molecular complexity index is 577. The lowest BCUT2D eigenvalue weighted by molar-refractivity contribution is -0.0433. The third-order valence-corrected chi connectivity index (χ3v) is 3.64. The first kappa shape index (κ1) is 15.4. The van der Waals surface area contributed by atoms with Crippen LogP contribution in [-0.2, 0) is 4.74 Å². The van der Waals surface area contributed by atoms with Crippen LogP contribution in [0.4, 0.5) is 0 Å². The molecule has 3 nitrogen and oxygen atoms in total. The van der Waals surface area contributed by atoms with Gasteiger partial charge in [0.05, 0.1) is 11.6 Å². The van der Waals surface area contributed by atoms with Crippen LogP contribution in [0.25, 0.3) is 11.0 Å². The molecule has 4 heteroatoms. The molecule has 20 heavy (non-hydrogen) atoms. The summed E-state index contributed by atoms with van der Waals surface area (Å²) in [5, 5.41) is 5.18. The molecule has 1 N–H and O–H groups in total. The number of rotatable bonds is 6. The first-order valence-electron chi connectivity index (χ1n) is 7.04. The second-order valence-electron chi connectivity index (χ2n) is 5.36. The first-order chi connectivity index (χ1) is 9.47.